The van der Waals surface area contributed by atoms with E-state index in [0.717, 1.165) is 22.0 Å². The Morgan fingerprint density at radius 1 is 0.889 bits per heavy atom. The van der Waals surface area contributed by atoms with Crippen LogP contribution in [0, 0.1) is 0 Å². The van der Waals surface area contributed by atoms with E-state index in [1.165, 1.54) is 0 Å². The third kappa shape index (κ3) is 1.71. The van der Waals surface area contributed by atoms with E-state index in [2.05, 4.69) is 4.98 Å². The van der Waals surface area contributed by atoms with E-state index in [1.807, 2.05) is 36.4 Å². The molecule has 2 aromatic carbocycles. The molecule has 0 spiro atoms. The minimum absolute atomic E-state index is 0.0853. The molecule has 0 unspecified atom stereocenters. The maximum atomic E-state index is 9.68. The van der Waals surface area contributed by atoms with Gasteiger partial charge in [-0.25, -0.2) is 0 Å². The van der Waals surface area contributed by atoms with E-state index < -0.39 is 0 Å². The molecular weight excluding hydrogens is 246 g/mol. The van der Waals surface area contributed by atoms with Gasteiger partial charge in [0.05, 0.1) is 10.5 Å². The maximum Gasteiger partial charge on any atom is 0.134 e. The van der Waals surface area contributed by atoms with Crippen molar-refractivity contribution in [2.45, 2.75) is 0 Å². The van der Waals surface area contributed by atoms with Crippen LogP contribution in [0.1, 0.15) is 0 Å². The number of aromatic hydroxyl groups is 1. The number of hydrogen-bond donors (Lipinski definition) is 1. The quantitative estimate of drug-likeness (QED) is 0.705. The fourth-order valence-electron chi connectivity index (χ4n) is 2.05. The van der Waals surface area contributed by atoms with Gasteiger partial charge in [-0.3, -0.25) is 4.98 Å². The molecule has 0 aliphatic heterocycles. The molecule has 18 heavy (non-hydrogen) atoms. The normalized spacial score (nSPS) is 10.7. The molecule has 0 aliphatic carbocycles. The number of para-hydroxylation sites is 1. The fraction of sp³-hybridized carbons (Fsp3) is 0. The number of hydrogen-bond acceptors (Lipinski definition) is 2. The molecule has 0 saturated carbocycles. The van der Waals surface area contributed by atoms with Gasteiger partial charge in [0, 0.05) is 22.7 Å². The van der Waals surface area contributed by atoms with Crippen molar-refractivity contribution >= 4 is 22.5 Å². The van der Waals surface area contributed by atoms with Crippen LogP contribution in [0.3, 0.4) is 0 Å². The first-order chi connectivity index (χ1) is 8.77. The van der Waals surface area contributed by atoms with Crippen molar-refractivity contribution in [3.05, 3.63) is 59.8 Å². The zero-order valence-corrected chi connectivity index (χ0v) is 10.2. The third-order valence-electron chi connectivity index (χ3n) is 2.90. The molecular formula is C15H10ClNO. The summed E-state index contributed by atoms with van der Waals surface area (Å²) in [4.78, 5) is 4.39. The van der Waals surface area contributed by atoms with Crippen LogP contribution in [-0.4, -0.2) is 10.1 Å². The number of fused-ring (bicyclic) bond motifs is 1. The van der Waals surface area contributed by atoms with Gasteiger partial charge in [-0.05, 0) is 12.1 Å². The van der Waals surface area contributed by atoms with Crippen molar-refractivity contribution in [2.75, 3.05) is 0 Å². The lowest BCUT2D eigenvalue weighted by Gasteiger charge is -2.08. The highest BCUT2D eigenvalue weighted by atomic mass is 35.5. The van der Waals surface area contributed by atoms with Crippen LogP contribution < -0.4 is 0 Å². The predicted molar refractivity (Wildman–Crippen MR) is 73.9 cm³/mol. The highest BCUT2D eigenvalue weighted by Gasteiger charge is 2.10. The smallest absolute Gasteiger partial charge is 0.134 e. The van der Waals surface area contributed by atoms with Crippen LogP contribution >= 0.6 is 11.6 Å². The Morgan fingerprint density at radius 2 is 1.61 bits per heavy atom. The Labute approximate surface area is 109 Å². The van der Waals surface area contributed by atoms with Gasteiger partial charge in [0.25, 0.3) is 0 Å². The van der Waals surface area contributed by atoms with Crippen LogP contribution in [0.15, 0.2) is 54.7 Å². The van der Waals surface area contributed by atoms with Crippen molar-refractivity contribution in [3.63, 3.8) is 0 Å². The summed E-state index contributed by atoms with van der Waals surface area (Å²) in [5.74, 6) is 0.0853. The first-order valence-corrected chi connectivity index (χ1v) is 5.97. The SMILES string of the molecule is Oc1cccc(-c2cccc3cccnc23)c1Cl. The molecule has 0 bridgehead atoms. The van der Waals surface area contributed by atoms with Crippen molar-refractivity contribution in [3.8, 4) is 16.9 Å². The van der Waals surface area contributed by atoms with Crippen molar-refractivity contribution in [1.29, 1.82) is 0 Å². The first-order valence-electron chi connectivity index (χ1n) is 5.59. The average molecular weight is 256 g/mol. The van der Waals surface area contributed by atoms with Gasteiger partial charge in [-0.15, -0.1) is 0 Å². The number of phenols is 1. The van der Waals surface area contributed by atoms with E-state index in [4.69, 9.17) is 11.6 Å². The van der Waals surface area contributed by atoms with Crippen molar-refractivity contribution < 1.29 is 5.11 Å². The lowest BCUT2D eigenvalue weighted by Crippen LogP contribution is -1.85. The number of rotatable bonds is 1. The number of nitrogens with zero attached hydrogens (tertiary/aromatic N) is 1. The fourth-order valence-corrected chi connectivity index (χ4v) is 2.28. The molecule has 1 aromatic heterocycles. The standard InChI is InChI=1S/C15H10ClNO/c16-14-11(6-2-8-13(14)18)12-7-1-4-10-5-3-9-17-15(10)12/h1-9,18H. The zero-order valence-electron chi connectivity index (χ0n) is 9.47. The summed E-state index contributed by atoms with van der Waals surface area (Å²) in [6.07, 6.45) is 1.75. The lowest BCUT2D eigenvalue weighted by atomic mass is 10.0. The largest absolute Gasteiger partial charge is 0.506 e. The van der Waals surface area contributed by atoms with Crippen LogP contribution in [0.25, 0.3) is 22.0 Å². The van der Waals surface area contributed by atoms with Gasteiger partial charge in [-0.1, -0.05) is 48.0 Å². The molecule has 88 valence electrons. The van der Waals surface area contributed by atoms with Crippen molar-refractivity contribution in [1.82, 2.24) is 4.98 Å². The van der Waals surface area contributed by atoms with E-state index in [0.29, 0.717) is 5.02 Å². The molecule has 1 N–H and O–H groups in total. The minimum atomic E-state index is 0.0853. The summed E-state index contributed by atoms with van der Waals surface area (Å²) in [5, 5.41) is 11.1. The Kier molecular flexibility index (Phi) is 2.65. The van der Waals surface area contributed by atoms with E-state index in [1.54, 1.807) is 18.3 Å². The second-order valence-corrected chi connectivity index (χ2v) is 4.40. The number of phenolic OH excluding ortho intramolecular Hbond substituents is 1. The second kappa shape index (κ2) is 4.31. The van der Waals surface area contributed by atoms with Gasteiger partial charge in [0.2, 0.25) is 0 Å². The molecule has 0 radical (unpaired) electrons. The summed E-state index contributed by atoms with van der Waals surface area (Å²) in [6.45, 7) is 0. The molecule has 3 heteroatoms. The third-order valence-corrected chi connectivity index (χ3v) is 3.30. The van der Waals surface area contributed by atoms with Gasteiger partial charge in [0.1, 0.15) is 5.75 Å². The molecule has 1 heterocycles. The maximum absolute atomic E-state index is 9.68. The second-order valence-electron chi connectivity index (χ2n) is 4.02. The molecule has 0 aliphatic rings. The predicted octanol–water partition coefficient (Wildman–Crippen LogP) is 4.26. The monoisotopic (exact) mass is 255 g/mol. The molecule has 0 fully saturated rings. The van der Waals surface area contributed by atoms with Crippen molar-refractivity contribution in [2.24, 2.45) is 0 Å². The molecule has 3 rings (SSSR count). The molecule has 0 saturated heterocycles. The summed E-state index contributed by atoms with van der Waals surface area (Å²) in [5.41, 5.74) is 2.60. The Morgan fingerprint density at radius 3 is 2.50 bits per heavy atom. The van der Waals surface area contributed by atoms with Crippen LogP contribution in [-0.2, 0) is 0 Å². The first kappa shape index (κ1) is 11.1. The van der Waals surface area contributed by atoms with E-state index in [9.17, 15) is 5.11 Å². The van der Waals surface area contributed by atoms with Gasteiger partial charge < -0.3 is 5.11 Å². The Bertz CT molecular complexity index is 719. The molecule has 2 nitrogen and oxygen atoms in total. The minimum Gasteiger partial charge on any atom is -0.506 e. The zero-order chi connectivity index (χ0) is 12.5. The average Bonchev–Trinajstić information content (AvgIpc) is 2.41. The number of aromatic nitrogens is 1. The number of halogens is 1. The van der Waals surface area contributed by atoms with Crippen LogP contribution in [0.4, 0.5) is 0 Å². The van der Waals surface area contributed by atoms with Crippen LogP contribution in [0.2, 0.25) is 5.02 Å². The summed E-state index contributed by atoms with van der Waals surface area (Å²) in [7, 11) is 0. The molecule has 3 aromatic rings. The number of benzene rings is 2. The topological polar surface area (TPSA) is 33.1 Å². The molecule has 0 amide bonds. The van der Waals surface area contributed by atoms with E-state index in [-0.39, 0.29) is 5.75 Å². The van der Waals surface area contributed by atoms with Gasteiger partial charge in [-0.2, -0.15) is 0 Å². The lowest BCUT2D eigenvalue weighted by molar-refractivity contribution is 0.476. The van der Waals surface area contributed by atoms with E-state index >= 15 is 0 Å². The highest BCUT2D eigenvalue weighted by molar-refractivity contribution is 6.35. The Hall–Kier alpha value is -2.06. The highest BCUT2D eigenvalue weighted by Crippen LogP contribution is 2.36. The summed E-state index contributed by atoms with van der Waals surface area (Å²) >= 11 is 6.15. The van der Waals surface area contributed by atoms with Gasteiger partial charge in [0.15, 0.2) is 0 Å². The summed E-state index contributed by atoms with van der Waals surface area (Å²) < 4.78 is 0. The Balaban J connectivity index is 2.35. The number of pyridine rings is 1. The van der Waals surface area contributed by atoms with Crippen LogP contribution in [0.5, 0.6) is 5.75 Å². The molecule has 0 atom stereocenters. The van der Waals surface area contributed by atoms with Gasteiger partial charge >= 0.3 is 0 Å². The summed E-state index contributed by atoms with van der Waals surface area (Å²) in [6, 6.07) is 15.0.